The zero-order valence-electron chi connectivity index (χ0n) is 13.2. The first-order valence-electron chi connectivity index (χ1n) is 7.48. The maximum absolute atomic E-state index is 12.5. The number of ketones is 1. The maximum Gasteiger partial charge on any atom is 0.164 e. The van der Waals surface area contributed by atoms with Crippen LogP contribution in [0.5, 0.6) is 0 Å². The fourth-order valence-corrected chi connectivity index (χ4v) is 2.50. The highest BCUT2D eigenvalue weighted by molar-refractivity contribution is 6.05. The summed E-state index contributed by atoms with van der Waals surface area (Å²) in [6, 6.07) is 6.80. The summed E-state index contributed by atoms with van der Waals surface area (Å²) in [7, 11) is 0. The number of benzene rings is 1. The number of carbonyl (C=O) groups excluding carboxylic acids is 1. The summed E-state index contributed by atoms with van der Waals surface area (Å²) in [5.41, 5.74) is 4.26. The fraction of sp³-hybridized carbons (Fsp3) is 0.500. The number of fused-ring (bicyclic) bond motifs is 1. The second-order valence-corrected chi connectivity index (χ2v) is 6.63. The molecule has 0 atom stereocenters. The van der Waals surface area contributed by atoms with Gasteiger partial charge >= 0.3 is 0 Å². The SMILES string of the molecule is CCC(C)(C)C(=O)C1=Cc2cc(NC(C)C)ccc2C1. The molecule has 0 fully saturated rings. The van der Waals surface area contributed by atoms with Crippen LogP contribution in [-0.4, -0.2) is 11.8 Å². The van der Waals surface area contributed by atoms with Crippen molar-refractivity contribution in [3.63, 3.8) is 0 Å². The second-order valence-electron chi connectivity index (χ2n) is 6.63. The van der Waals surface area contributed by atoms with Crippen LogP contribution in [0.2, 0.25) is 0 Å². The molecule has 1 aliphatic carbocycles. The Labute approximate surface area is 122 Å². The number of hydrogen-bond donors (Lipinski definition) is 1. The number of Topliss-reactive ketones (excluding diaryl/α,β-unsaturated/α-hetero) is 1. The van der Waals surface area contributed by atoms with E-state index in [1.807, 2.05) is 13.8 Å². The van der Waals surface area contributed by atoms with Gasteiger partial charge in [-0.25, -0.2) is 0 Å². The molecule has 2 rings (SSSR count). The molecule has 2 heteroatoms. The van der Waals surface area contributed by atoms with Gasteiger partial charge in [0.05, 0.1) is 0 Å². The van der Waals surface area contributed by atoms with Crippen LogP contribution in [-0.2, 0) is 11.2 Å². The molecule has 0 aromatic heterocycles. The Kier molecular flexibility index (Phi) is 4.03. The van der Waals surface area contributed by atoms with E-state index in [1.165, 1.54) is 11.1 Å². The molecule has 1 aliphatic rings. The molecule has 20 heavy (non-hydrogen) atoms. The van der Waals surface area contributed by atoms with Gasteiger partial charge in [0.1, 0.15) is 0 Å². The number of rotatable bonds is 5. The fourth-order valence-electron chi connectivity index (χ4n) is 2.50. The summed E-state index contributed by atoms with van der Waals surface area (Å²) >= 11 is 0. The van der Waals surface area contributed by atoms with Crippen LogP contribution in [0.1, 0.15) is 52.2 Å². The normalized spacial score (nSPS) is 14.2. The van der Waals surface area contributed by atoms with Gasteiger partial charge in [0.15, 0.2) is 5.78 Å². The highest BCUT2D eigenvalue weighted by Gasteiger charge is 2.30. The molecule has 0 saturated carbocycles. The van der Waals surface area contributed by atoms with Gasteiger partial charge in [-0.3, -0.25) is 4.79 Å². The van der Waals surface area contributed by atoms with E-state index in [-0.39, 0.29) is 11.2 Å². The summed E-state index contributed by atoms with van der Waals surface area (Å²) in [4.78, 5) is 12.5. The number of anilines is 1. The average molecular weight is 271 g/mol. The van der Waals surface area contributed by atoms with Crippen molar-refractivity contribution in [2.24, 2.45) is 5.41 Å². The van der Waals surface area contributed by atoms with Gasteiger partial charge < -0.3 is 5.32 Å². The zero-order chi connectivity index (χ0) is 14.9. The lowest BCUT2D eigenvalue weighted by Crippen LogP contribution is -2.24. The number of carbonyl (C=O) groups is 1. The van der Waals surface area contributed by atoms with E-state index in [9.17, 15) is 4.79 Å². The maximum atomic E-state index is 12.5. The minimum atomic E-state index is -0.257. The molecule has 0 aliphatic heterocycles. The summed E-state index contributed by atoms with van der Waals surface area (Å²) in [5, 5.41) is 3.41. The smallest absolute Gasteiger partial charge is 0.164 e. The Morgan fingerprint density at radius 1 is 1.35 bits per heavy atom. The first-order valence-corrected chi connectivity index (χ1v) is 7.48. The van der Waals surface area contributed by atoms with Crippen LogP contribution in [0.4, 0.5) is 5.69 Å². The lowest BCUT2D eigenvalue weighted by Gasteiger charge is -2.21. The molecular weight excluding hydrogens is 246 g/mol. The predicted octanol–water partition coefficient (Wildman–Crippen LogP) is 4.45. The minimum absolute atomic E-state index is 0.257. The van der Waals surface area contributed by atoms with Gasteiger partial charge in [-0.15, -0.1) is 0 Å². The van der Waals surface area contributed by atoms with E-state index in [0.29, 0.717) is 6.04 Å². The van der Waals surface area contributed by atoms with Crippen molar-refractivity contribution in [1.82, 2.24) is 0 Å². The summed E-state index contributed by atoms with van der Waals surface area (Å²) in [6.07, 6.45) is 3.72. The van der Waals surface area contributed by atoms with Crippen molar-refractivity contribution in [2.75, 3.05) is 5.32 Å². The Balaban J connectivity index is 2.23. The number of allylic oxidation sites excluding steroid dienone is 1. The van der Waals surface area contributed by atoms with Gasteiger partial charge in [-0.05, 0) is 49.6 Å². The van der Waals surface area contributed by atoms with E-state index in [1.54, 1.807) is 0 Å². The summed E-state index contributed by atoms with van der Waals surface area (Å²) in [5.74, 6) is 0.287. The summed E-state index contributed by atoms with van der Waals surface area (Å²) < 4.78 is 0. The molecule has 0 spiro atoms. The molecule has 108 valence electrons. The van der Waals surface area contributed by atoms with Crippen LogP contribution < -0.4 is 5.32 Å². The van der Waals surface area contributed by atoms with Gasteiger partial charge in [0.2, 0.25) is 0 Å². The van der Waals surface area contributed by atoms with Gasteiger partial charge in [-0.1, -0.05) is 26.8 Å². The Hall–Kier alpha value is -1.57. The quantitative estimate of drug-likeness (QED) is 0.857. The highest BCUT2D eigenvalue weighted by atomic mass is 16.1. The topological polar surface area (TPSA) is 29.1 Å². The molecule has 0 radical (unpaired) electrons. The first kappa shape index (κ1) is 14.8. The zero-order valence-corrected chi connectivity index (χ0v) is 13.2. The van der Waals surface area contributed by atoms with E-state index >= 15 is 0 Å². The van der Waals surface area contributed by atoms with Gasteiger partial charge in [0, 0.05) is 29.1 Å². The monoisotopic (exact) mass is 271 g/mol. The molecule has 0 amide bonds. The van der Waals surface area contributed by atoms with E-state index in [4.69, 9.17) is 0 Å². The lowest BCUT2D eigenvalue weighted by atomic mass is 9.81. The highest BCUT2D eigenvalue weighted by Crippen LogP contribution is 2.33. The molecule has 0 unspecified atom stereocenters. The molecule has 1 aromatic carbocycles. The average Bonchev–Trinajstić information content (AvgIpc) is 2.79. The first-order chi connectivity index (χ1) is 9.33. The van der Waals surface area contributed by atoms with Crippen molar-refractivity contribution in [1.29, 1.82) is 0 Å². The third-order valence-corrected chi connectivity index (χ3v) is 4.10. The number of hydrogen-bond acceptors (Lipinski definition) is 2. The molecule has 2 nitrogen and oxygen atoms in total. The largest absolute Gasteiger partial charge is 0.383 e. The van der Waals surface area contributed by atoms with E-state index in [0.717, 1.165) is 24.1 Å². The Morgan fingerprint density at radius 2 is 2.05 bits per heavy atom. The third-order valence-electron chi connectivity index (χ3n) is 4.10. The number of nitrogens with one attached hydrogen (secondary N) is 1. The van der Waals surface area contributed by atoms with Gasteiger partial charge in [-0.2, -0.15) is 0 Å². The summed E-state index contributed by atoms with van der Waals surface area (Å²) in [6.45, 7) is 10.4. The van der Waals surface area contributed by atoms with Crippen LogP contribution in [0, 0.1) is 5.41 Å². The van der Waals surface area contributed by atoms with Crippen LogP contribution in [0.25, 0.3) is 6.08 Å². The minimum Gasteiger partial charge on any atom is -0.383 e. The molecule has 0 heterocycles. The predicted molar refractivity (Wildman–Crippen MR) is 86.0 cm³/mol. The van der Waals surface area contributed by atoms with Crippen molar-refractivity contribution in [3.8, 4) is 0 Å². The molecule has 0 saturated heterocycles. The van der Waals surface area contributed by atoms with E-state index < -0.39 is 0 Å². The molecule has 0 bridgehead atoms. The van der Waals surface area contributed by atoms with Crippen LogP contribution >= 0.6 is 0 Å². The molecule has 1 aromatic rings. The molecular formula is C18H25NO. The lowest BCUT2D eigenvalue weighted by molar-refractivity contribution is -0.123. The van der Waals surface area contributed by atoms with E-state index in [2.05, 4.69) is 50.4 Å². The van der Waals surface area contributed by atoms with Crippen LogP contribution in [0.3, 0.4) is 0 Å². The van der Waals surface area contributed by atoms with Gasteiger partial charge in [0.25, 0.3) is 0 Å². The van der Waals surface area contributed by atoms with Crippen molar-refractivity contribution in [3.05, 3.63) is 34.9 Å². The second kappa shape index (κ2) is 5.43. The van der Waals surface area contributed by atoms with Crippen molar-refractivity contribution < 1.29 is 4.79 Å². The van der Waals surface area contributed by atoms with Crippen molar-refractivity contribution in [2.45, 2.75) is 53.5 Å². The standard InChI is InChI=1S/C18H25NO/c1-6-18(4,5)17(20)15-9-13-7-8-16(19-12(2)3)11-14(13)10-15/h7-8,10-12,19H,6,9H2,1-5H3. The molecule has 1 N–H and O–H groups in total. The Bertz CT molecular complexity index is 553. The van der Waals surface area contributed by atoms with Crippen molar-refractivity contribution >= 4 is 17.5 Å². The third kappa shape index (κ3) is 2.95. The Morgan fingerprint density at radius 3 is 2.65 bits per heavy atom. The van der Waals surface area contributed by atoms with Crippen LogP contribution in [0.15, 0.2) is 23.8 Å².